The van der Waals surface area contributed by atoms with Gasteiger partial charge < -0.3 is 9.47 Å². The summed E-state index contributed by atoms with van der Waals surface area (Å²) in [5.41, 5.74) is 2.76. The van der Waals surface area contributed by atoms with Gasteiger partial charge in [-0.1, -0.05) is 35.0 Å². The van der Waals surface area contributed by atoms with Gasteiger partial charge in [0.25, 0.3) is 0 Å². The second-order valence-electron chi connectivity index (χ2n) is 5.73. The quantitative estimate of drug-likeness (QED) is 0.762. The van der Waals surface area contributed by atoms with E-state index in [2.05, 4.69) is 41.1 Å². The molecule has 2 heterocycles. The van der Waals surface area contributed by atoms with E-state index in [-0.39, 0.29) is 0 Å². The number of halogens is 1. The molecule has 2 aliphatic rings. The van der Waals surface area contributed by atoms with Crippen LogP contribution in [0.15, 0.2) is 18.2 Å². The number of hydrogen-bond acceptors (Lipinski definition) is 2. The average Bonchev–Trinajstić information content (AvgIpc) is 2.46. The number of aryl methyl sites for hydroxylation is 1. The number of rotatable bonds is 2. The number of hydrogen-bond donors (Lipinski definition) is 0. The fraction of sp³-hybridized carbons (Fsp3) is 0.625. The molecule has 0 spiro atoms. The van der Waals surface area contributed by atoms with Crippen LogP contribution in [-0.4, -0.2) is 19.8 Å². The Morgan fingerprint density at radius 2 is 2.21 bits per heavy atom. The minimum Gasteiger partial charge on any atom is -0.493 e. The molecule has 0 aromatic heterocycles. The predicted octanol–water partition coefficient (Wildman–Crippen LogP) is 4.12. The Bertz CT molecular complexity index is 446. The molecule has 1 aromatic carbocycles. The van der Waals surface area contributed by atoms with E-state index in [1.54, 1.807) is 0 Å². The molecule has 0 radical (unpaired) electrons. The van der Waals surface area contributed by atoms with Gasteiger partial charge >= 0.3 is 0 Å². The molecule has 3 unspecified atom stereocenters. The van der Waals surface area contributed by atoms with E-state index in [4.69, 9.17) is 9.47 Å². The number of benzene rings is 1. The molecule has 1 aromatic rings. The first-order valence-electron chi connectivity index (χ1n) is 7.23. The Morgan fingerprint density at radius 1 is 1.32 bits per heavy atom. The minimum atomic E-state index is 0.429. The molecule has 0 amide bonds. The van der Waals surface area contributed by atoms with Crippen LogP contribution in [-0.2, 0) is 11.2 Å². The van der Waals surface area contributed by atoms with Crippen molar-refractivity contribution >= 4 is 15.9 Å². The smallest absolute Gasteiger partial charge is 0.122 e. The Hall–Kier alpha value is -0.540. The zero-order valence-corrected chi connectivity index (χ0v) is 13.0. The molecular weight excluding hydrogens is 304 g/mol. The Morgan fingerprint density at radius 3 is 3.05 bits per heavy atom. The maximum Gasteiger partial charge on any atom is 0.122 e. The number of fused-ring (bicyclic) bond motifs is 1. The Balaban J connectivity index is 1.80. The zero-order valence-electron chi connectivity index (χ0n) is 11.4. The molecule has 3 rings (SSSR count). The predicted molar refractivity (Wildman–Crippen MR) is 80.0 cm³/mol. The molecule has 1 fully saturated rings. The standard InChI is InChI=1S/C16H21BrO2/c1-11-10-18-8-6-14(11)16(17)13-4-5-15-12(9-13)3-2-7-19-15/h4-5,9,11,14,16H,2-3,6-8,10H2,1H3. The van der Waals surface area contributed by atoms with Crippen LogP contribution in [0.2, 0.25) is 0 Å². The zero-order chi connectivity index (χ0) is 13.2. The molecule has 3 atom stereocenters. The highest BCUT2D eigenvalue weighted by Crippen LogP contribution is 2.41. The largest absolute Gasteiger partial charge is 0.493 e. The van der Waals surface area contributed by atoms with Gasteiger partial charge in [-0.3, -0.25) is 0 Å². The molecule has 0 bridgehead atoms. The van der Waals surface area contributed by atoms with Crippen molar-refractivity contribution in [3.63, 3.8) is 0 Å². The monoisotopic (exact) mass is 324 g/mol. The van der Waals surface area contributed by atoms with Crippen molar-refractivity contribution in [2.24, 2.45) is 11.8 Å². The molecule has 104 valence electrons. The van der Waals surface area contributed by atoms with Crippen molar-refractivity contribution in [3.8, 4) is 5.75 Å². The second kappa shape index (κ2) is 5.84. The lowest BCUT2D eigenvalue weighted by atomic mass is 9.84. The third-order valence-corrected chi connectivity index (χ3v) is 5.54. The molecule has 2 nitrogen and oxygen atoms in total. The Kier molecular flexibility index (Phi) is 4.13. The van der Waals surface area contributed by atoms with E-state index < -0.39 is 0 Å². The lowest BCUT2D eigenvalue weighted by Crippen LogP contribution is -2.28. The lowest BCUT2D eigenvalue weighted by molar-refractivity contribution is 0.0241. The van der Waals surface area contributed by atoms with Crippen LogP contribution in [0.25, 0.3) is 0 Å². The van der Waals surface area contributed by atoms with Crippen LogP contribution in [0.1, 0.15) is 35.7 Å². The first-order chi connectivity index (χ1) is 9.25. The van der Waals surface area contributed by atoms with E-state index in [9.17, 15) is 0 Å². The van der Waals surface area contributed by atoms with Crippen molar-refractivity contribution in [1.82, 2.24) is 0 Å². The van der Waals surface area contributed by atoms with Gasteiger partial charge in [0.05, 0.1) is 6.61 Å². The molecule has 2 aliphatic heterocycles. The number of alkyl halides is 1. The summed E-state index contributed by atoms with van der Waals surface area (Å²) in [6.45, 7) is 4.94. The molecule has 0 aliphatic carbocycles. The van der Waals surface area contributed by atoms with Gasteiger partial charge in [-0.15, -0.1) is 0 Å². The van der Waals surface area contributed by atoms with Crippen molar-refractivity contribution < 1.29 is 9.47 Å². The summed E-state index contributed by atoms with van der Waals surface area (Å²) in [4.78, 5) is 0.429. The molecule has 0 N–H and O–H groups in total. The summed E-state index contributed by atoms with van der Waals surface area (Å²) >= 11 is 3.92. The second-order valence-corrected chi connectivity index (χ2v) is 6.71. The van der Waals surface area contributed by atoms with Gasteiger partial charge in [-0.2, -0.15) is 0 Å². The van der Waals surface area contributed by atoms with Gasteiger partial charge in [0.15, 0.2) is 0 Å². The third-order valence-electron chi connectivity index (χ3n) is 4.33. The lowest BCUT2D eigenvalue weighted by Gasteiger charge is -2.33. The van der Waals surface area contributed by atoms with E-state index in [1.165, 1.54) is 11.1 Å². The van der Waals surface area contributed by atoms with Crippen molar-refractivity contribution in [3.05, 3.63) is 29.3 Å². The first-order valence-corrected chi connectivity index (χ1v) is 8.14. The summed E-state index contributed by atoms with van der Waals surface area (Å²) in [5, 5.41) is 0. The van der Waals surface area contributed by atoms with Crippen molar-refractivity contribution in [2.45, 2.75) is 31.0 Å². The molecule has 19 heavy (non-hydrogen) atoms. The van der Waals surface area contributed by atoms with Crippen molar-refractivity contribution in [2.75, 3.05) is 19.8 Å². The van der Waals surface area contributed by atoms with Gasteiger partial charge in [-0.05, 0) is 48.3 Å². The summed E-state index contributed by atoms with van der Waals surface area (Å²) in [6, 6.07) is 6.68. The fourth-order valence-electron chi connectivity index (χ4n) is 3.13. The van der Waals surface area contributed by atoms with Crippen LogP contribution in [0.3, 0.4) is 0 Å². The first kappa shape index (κ1) is 13.4. The highest BCUT2D eigenvalue weighted by atomic mass is 79.9. The maximum absolute atomic E-state index is 5.69. The third kappa shape index (κ3) is 2.82. The highest BCUT2D eigenvalue weighted by molar-refractivity contribution is 9.09. The van der Waals surface area contributed by atoms with Gasteiger partial charge in [0.1, 0.15) is 5.75 Å². The van der Waals surface area contributed by atoms with Crippen LogP contribution in [0, 0.1) is 11.8 Å². The summed E-state index contributed by atoms with van der Waals surface area (Å²) in [6.07, 6.45) is 3.42. The van der Waals surface area contributed by atoms with E-state index in [0.29, 0.717) is 16.7 Å². The molecule has 3 heteroatoms. The minimum absolute atomic E-state index is 0.429. The van der Waals surface area contributed by atoms with E-state index in [1.807, 2.05) is 0 Å². The number of ether oxygens (including phenoxy) is 2. The van der Waals surface area contributed by atoms with Crippen LogP contribution in [0.5, 0.6) is 5.75 Å². The van der Waals surface area contributed by atoms with Crippen LogP contribution >= 0.6 is 15.9 Å². The normalized spacial score (nSPS) is 28.3. The average molecular weight is 325 g/mol. The SMILES string of the molecule is CC1COCCC1C(Br)c1ccc2c(c1)CCCO2. The summed E-state index contributed by atoms with van der Waals surface area (Å²) in [5.74, 6) is 2.36. The molecule has 0 saturated carbocycles. The van der Waals surface area contributed by atoms with E-state index >= 15 is 0 Å². The topological polar surface area (TPSA) is 18.5 Å². The molecule has 1 saturated heterocycles. The highest BCUT2D eigenvalue weighted by Gasteiger charge is 2.29. The molecular formula is C16H21BrO2. The van der Waals surface area contributed by atoms with Gasteiger partial charge in [0, 0.05) is 18.0 Å². The Labute approximate surface area is 123 Å². The van der Waals surface area contributed by atoms with Gasteiger partial charge in [0.2, 0.25) is 0 Å². The van der Waals surface area contributed by atoms with Gasteiger partial charge in [-0.25, -0.2) is 0 Å². The summed E-state index contributed by atoms with van der Waals surface area (Å²) in [7, 11) is 0. The van der Waals surface area contributed by atoms with Crippen LogP contribution < -0.4 is 4.74 Å². The fourth-order valence-corrected chi connectivity index (χ4v) is 4.20. The van der Waals surface area contributed by atoms with E-state index in [0.717, 1.165) is 44.8 Å². The van der Waals surface area contributed by atoms with Crippen molar-refractivity contribution in [1.29, 1.82) is 0 Å². The summed E-state index contributed by atoms with van der Waals surface area (Å²) < 4.78 is 11.2. The van der Waals surface area contributed by atoms with Crippen LogP contribution in [0.4, 0.5) is 0 Å². The maximum atomic E-state index is 5.69.